The number of carbonyl (C=O) groups is 1. The summed E-state index contributed by atoms with van der Waals surface area (Å²) in [6, 6.07) is 3.36. The van der Waals surface area contributed by atoms with E-state index >= 15 is 0 Å². The molecule has 1 aromatic rings. The second-order valence-electron chi connectivity index (χ2n) is 3.59. The van der Waals surface area contributed by atoms with Crippen molar-refractivity contribution >= 4 is 21.9 Å². The minimum absolute atomic E-state index is 0.218. The molecule has 0 aromatic heterocycles. The van der Waals surface area contributed by atoms with E-state index in [1.165, 1.54) is 0 Å². The number of carboxylic acids is 1. The molecule has 4 heteroatoms. The van der Waals surface area contributed by atoms with Crippen LogP contribution >= 0.6 is 15.9 Å². The lowest BCUT2D eigenvalue weighted by Gasteiger charge is -2.09. The second kappa shape index (κ2) is 4.75. The number of halogens is 2. The molecule has 1 rings (SSSR count). The van der Waals surface area contributed by atoms with Crippen molar-refractivity contribution in [3.8, 4) is 0 Å². The average Bonchev–Trinajstić information content (AvgIpc) is 2.18. The van der Waals surface area contributed by atoms with Crippen LogP contribution in [0.15, 0.2) is 16.6 Å². The van der Waals surface area contributed by atoms with Gasteiger partial charge in [0.25, 0.3) is 0 Å². The van der Waals surface area contributed by atoms with Crippen LogP contribution in [0.1, 0.15) is 18.1 Å². The first-order valence-corrected chi connectivity index (χ1v) is 5.39. The number of aliphatic carboxylic acids is 1. The van der Waals surface area contributed by atoms with E-state index in [0.29, 0.717) is 15.6 Å². The van der Waals surface area contributed by atoms with Crippen LogP contribution in [0.3, 0.4) is 0 Å². The molecule has 0 radical (unpaired) electrons. The summed E-state index contributed by atoms with van der Waals surface area (Å²) in [7, 11) is 0. The Bertz CT molecular complexity index is 390. The van der Waals surface area contributed by atoms with Crippen LogP contribution in [0.25, 0.3) is 0 Å². The molecule has 0 saturated carbocycles. The van der Waals surface area contributed by atoms with E-state index in [1.807, 2.05) is 0 Å². The summed E-state index contributed by atoms with van der Waals surface area (Å²) in [5.74, 6) is -1.80. The van der Waals surface area contributed by atoms with Crippen LogP contribution in [-0.4, -0.2) is 11.1 Å². The Morgan fingerprint density at radius 3 is 2.73 bits per heavy atom. The van der Waals surface area contributed by atoms with Crippen LogP contribution in [-0.2, 0) is 11.2 Å². The Morgan fingerprint density at radius 1 is 1.60 bits per heavy atom. The van der Waals surface area contributed by atoms with Gasteiger partial charge in [-0.25, -0.2) is 4.39 Å². The lowest BCUT2D eigenvalue weighted by Crippen LogP contribution is -2.13. The summed E-state index contributed by atoms with van der Waals surface area (Å²) in [5.41, 5.74) is 0.968. The van der Waals surface area contributed by atoms with Crippen LogP contribution in [0.2, 0.25) is 0 Å². The van der Waals surface area contributed by atoms with Gasteiger partial charge in [0, 0.05) is 4.47 Å². The second-order valence-corrected chi connectivity index (χ2v) is 4.44. The van der Waals surface area contributed by atoms with E-state index in [-0.39, 0.29) is 12.2 Å². The maximum atomic E-state index is 13.7. The molecule has 0 aliphatic carbocycles. The van der Waals surface area contributed by atoms with Gasteiger partial charge in [-0.05, 0) is 30.5 Å². The van der Waals surface area contributed by atoms with Crippen LogP contribution in [0, 0.1) is 18.7 Å². The minimum atomic E-state index is -0.907. The van der Waals surface area contributed by atoms with Gasteiger partial charge in [-0.3, -0.25) is 4.79 Å². The van der Waals surface area contributed by atoms with Gasteiger partial charge in [0.2, 0.25) is 0 Å². The van der Waals surface area contributed by atoms with Crippen molar-refractivity contribution in [1.82, 2.24) is 0 Å². The third-order valence-electron chi connectivity index (χ3n) is 2.35. The monoisotopic (exact) mass is 274 g/mol. The van der Waals surface area contributed by atoms with Crippen molar-refractivity contribution < 1.29 is 14.3 Å². The standard InChI is InChI=1S/C11H12BrFO2/c1-6(11(14)15)5-8-3-4-9(12)7(2)10(8)13/h3-4,6H,5H2,1-2H3,(H,14,15). The van der Waals surface area contributed by atoms with Crippen molar-refractivity contribution in [2.24, 2.45) is 5.92 Å². The van der Waals surface area contributed by atoms with Gasteiger partial charge >= 0.3 is 5.97 Å². The Kier molecular flexibility index (Phi) is 3.85. The molecule has 0 aliphatic heterocycles. The van der Waals surface area contributed by atoms with E-state index in [4.69, 9.17) is 5.11 Å². The molecule has 0 saturated heterocycles. The first-order chi connectivity index (χ1) is 6.93. The molecule has 82 valence electrons. The van der Waals surface area contributed by atoms with Crippen molar-refractivity contribution in [2.75, 3.05) is 0 Å². The smallest absolute Gasteiger partial charge is 0.306 e. The molecule has 0 fully saturated rings. The summed E-state index contributed by atoms with van der Waals surface area (Å²) >= 11 is 3.22. The SMILES string of the molecule is Cc1c(Br)ccc(CC(C)C(=O)O)c1F. The predicted molar refractivity (Wildman–Crippen MR) is 59.3 cm³/mol. The summed E-state index contributed by atoms with van der Waals surface area (Å²) in [6.45, 7) is 3.23. The van der Waals surface area contributed by atoms with Gasteiger partial charge in [-0.2, -0.15) is 0 Å². The zero-order valence-corrected chi connectivity index (χ0v) is 10.1. The van der Waals surface area contributed by atoms with E-state index in [0.717, 1.165) is 0 Å². The number of benzene rings is 1. The fourth-order valence-corrected chi connectivity index (χ4v) is 1.60. The number of hydrogen-bond donors (Lipinski definition) is 1. The maximum absolute atomic E-state index is 13.7. The highest BCUT2D eigenvalue weighted by atomic mass is 79.9. The van der Waals surface area contributed by atoms with E-state index in [2.05, 4.69) is 15.9 Å². The molecule has 1 unspecified atom stereocenters. The lowest BCUT2D eigenvalue weighted by atomic mass is 9.99. The third-order valence-corrected chi connectivity index (χ3v) is 3.21. The van der Waals surface area contributed by atoms with Gasteiger partial charge in [-0.15, -0.1) is 0 Å². The molecule has 0 bridgehead atoms. The summed E-state index contributed by atoms with van der Waals surface area (Å²) < 4.78 is 14.4. The van der Waals surface area contributed by atoms with Crippen LogP contribution in [0.5, 0.6) is 0 Å². The van der Waals surface area contributed by atoms with E-state index in [1.54, 1.807) is 26.0 Å². The largest absolute Gasteiger partial charge is 0.481 e. The molecule has 2 nitrogen and oxygen atoms in total. The first-order valence-electron chi connectivity index (χ1n) is 4.59. The summed E-state index contributed by atoms with van der Waals surface area (Å²) in [5, 5.41) is 8.73. The van der Waals surface area contributed by atoms with Gasteiger partial charge < -0.3 is 5.11 Å². The fourth-order valence-electron chi connectivity index (χ4n) is 1.29. The Balaban J connectivity index is 2.97. The molecule has 1 N–H and O–H groups in total. The Morgan fingerprint density at radius 2 is 2.20 bits per heavy atom. The van der Waals surface area contributed by atoms with Crippen LogP contribution in [0.4, 0.5) is 4.39 Å². The molecule has 0 spiro atoms. The zero-order chi connectivity index (χ0) is 11.6. The van der Waals surface area contributed by atoms with Gasteiger partial charge in [0.1, 0.15) is 5.82 Å². The zero-order valence-electron chi connectivity index (χ0n) is 8.55. The number of carboxylic acid groups (broad SMARTS) is 1. The highest BCUT2D eigenvalue weighted by Gasteiger charge is 2.15. The van der Waals surface area contributed by atoms with E-state index in [9.17, 15) is 9.18 Å². The molecule has 0 heterocycles. The molecule has 15 heavy (non-hydrogen) atoms. The average molecular weight is 275 g/mol. The van der Waals surface area contributed by atoms with Gasteiger partial charge in [0.05, 0.1) is 5.92 Å². The summed E-state index contributed by atoms with van der Waals surface area (Å²) in [6.07, 6.45) is 0.218. The fraction of sp³-hybridized carbons (Fsp3) is 0.364. The molecule has 1 atom stereocenters. The van der Waals surface area contributed by atoms with Crippen molar-refractivity contribution in [1.29, 1.82) is 0 Å². The Hall–Kier alpha value is -0.900. The Labute approximate surface area is 96.2 Å². The maximum Gasteiger partial charge on any atom is 0.306 e. The normalized spacial score (nSPS) is 12.5. The highest BCUT2D eigenvalue weighted by molar-refractivity contribution is 9.10. The van der Waals surface area contributed by atoms with Gasteiger partial charge in [0.15, 0.2) is 0 Å². The molecular weight excluding hydrogens is 263 g/mol. The lowest BCUT2D eigenvalue weighted by molar-refractivity contribution is -0.141. The van der Waals surface area contributed by atoms with E-state index < -0.39 is 11.9 Å². The van der Waals surface area contributed by atoms with Crippen molar-refractivity contribution in [3.63, 3.8) is 0 Å². The molecule has 1 aromatic carbocycles. The molecule has 0 aliphatic rings. The highest BCUT2D eigenvalue weighted by Crippen LogP contribution is 2.23. The van der Waals surface area contributed by atoms with Crippen molar-refractivity contribution in [3.05, 3.63) is 33.5 Å². The van der Waals surface area contributed by atoms with Crippen LogP contribution < -0.4 is 0 Å². The third kappa shape index (κ3) is 2.78. The number of hydrogen-bond acceptors (Lipinski definition) is 1. The van der Waals surface area contributed by atoms with Crippen molar-refractivity contribution in [2.45, 2.75) is 20.3 Å². The van der Waals surface area contributed by atoms with Gasteiger partial charge in [-0.1, -0.05) is 28.9 Å². The topological polar surface area (TPSA) is 37.3 Å². The summed E-state index contributed by atoms with van der Waals surface area (Å²) in [4.78, 5) is 10.6. The predicted octanol–water partition coefficient (Wildman–Crippen LogP) is 3.16. The first kappa shape index (κ1) is 12.2. The molecule has 0 amide bonds. The minimum Gasteiger partial charge on any atom is -0.481 e. The quantitative estimate of drug-likeness (QED) is 0.920. The number of rotatable bonds is 3. The molecular formula is C11H12BrFO2.